The summed E-state index contributed by atoms with van der Waals surface area (Å²) in [6.07, 6.45) is 0. The number of carbonyl (C=O) groups is 2. The van der Waals surface area contributed by atoms with E-state index in [1.165, 1.54) is 25.3 Å². The van der Waals surface area contributed by atoms with Crippen LogP contribution in [0, 0.1) is 0 Å². The molecular formula is C40H41N3O4. The highest BCUT2D eigenvalue weighted by atomic mass is 16.5. The van der Waals surface area contributed by atoms with Gasteiger partial charge in [-0.05, 0) is 58.4 Å². The minimum atomic E-state index is -0.612. The number of anilines is 3. The lowest BCUT2D eigenvalue weighted by molar-refractivity contribution is 0.0601. The Hall–Kier alpha value is -5.30. The fourth-order valence-corrected chi connectivity index (χ4v) is 5.38. The fourth-order valence-electron chi connectivity index (χ4n) is 5.38. The van der Waals surface area contributed by atoms with Crippen LogP contribution in [0.25, 0.3) is 22.5 Å². The van der Waals surface area contributed by atoms with Crippen molar-refractivity contribution >= 4 is 29.3 Å². The molecule has 0 saturated heterocycles. The molecule has 3 aromatic carbocycles. The van der Waals surface area contributed by atoms with Gasteiger partial charge in [-0.3, -0.25) is 4.90 Å². The van der Waals surface area contributed by atoms with E-state index in [0.29, 0.717) is 11.6 Å². The summed E-state index contributed by atoms with van der Waals surface area (Å²) >= 11 is 0. The molecule has 5 aromatic rings. The molecule has 0 aliphatic rings. The number of nitrogens with zero attached hydrogens (tertiary/aromatic N) is 3. The Morgan fingerprint density at radius 1 is 0.532 bits per heavy atom. The number of esters is 2. The smallest absolute Gasteiger partial charge is 0.340 e. The lowest BCUT2D eigenvalue weighted by Crippen LogP contribution is -2.21. The van der Waals surface area contributed by atoms with Crippen molar-refractivity contribution in [3.63, 3.8) is 0 Å². The van der Waals surface area contributed by atoms with Crippen LogP contribution in [-0.2, 0) is 20.3 Å². The first-order valence-electron chi connectivity index (χ1n) is 15.6. The second-order valence-corrected chi connectivity index (χ2v) is 13.4. The molecule has 7 heteroatoms. The third kappa shape index (κ3) is 7.09. The van der Waals surface area contributed by atoms with E-state index in [1.807, 2.05) is 36.4 Å². The highest BCUT2D eigenvalue weighted by Crippen LogP contribution is 2.40. The predicted molar refractivity (Wildman–Crippen MR) is 188 cm³/mol. The first kappa shape index (κ1) is 33.1. The summed E-state index contributed by atoms with van der Waals surface area (Å²) in [6, 6.07) is 32.8. The van der Waals surface area contributed by atoms with Gasteiger partial charge in [0.25, 0.3) is 0 Å². The Kier molecular flexibility index (Phi) is 9.29. The van der Waals surface area contributed by atoms with Crippen LogP contribution >= 0.6 is 0 Å². The molecule has 2 heterocycles. The summed E-state index contributed by atoms with van der Waals surface area (Å²) in [6.45, 7) is 13.1. The van der Waals surface area contributed by atoms with Crippen LogP contribution in [0.1, 0.15) is 73.4 Å². The number of carbonyl (C=O) groups excluding carboxylic acids is 2. The lowest BCUT2D eigenvalue weighted by atomic mass is 9.86. The maximum atomic E-state index is 13.2. The number of aromatic nitrogens is 2. The second kappa shape index (κ2) is 13.2. The van der Waals surface area contributed by atoms with Gasteiger partial charge >= 0.3 is 11.9 Å². The molecule has 0 aliphatic carbocycles. The van der Waals surface area contributed by atoms with Crippen molar-refractivity contribution in [2.45, 2.75) is 52.4 Å². The van der Waals surface area contributed by atoms with Gasteiger partial charge in [0.2, 0.25) is 0 Å². The van der Waals surface area contributed by atoms with Crippen LogP contribution in [0.2, 0.25) is 0 Å². The van der Waals surface area contributed by atoms with Crippen molar-refractivity contribution in [3.05, 3.63) is 125 Å². The van der Waals surface area contributed by atoms with E-state index >= 15 is 0 Å². The topological polar surface area (TPSA) is 81.6 Å². The van der Waals surface area contributed by atoms with Gasteiger partial charge in [-0.1, -0.05) is 108 Å². The maximum absolute atomic E-state index is 13.2. The fraction of sp³-hybridized carbons (Fsp3) is 0.250. The van der Waals surface area contributed by atoms with Crippen LogP contribution in [0.5, 0.6) is 0 Å². The van der Waals surface area contributed by atoms with Crippen LogP contribution < -0.4 is 4.90 Å². The Morgan fingerprint density at radius 2 is 0.894 bits per heavy atom. The van der Waals surface area contributed by atoms with E-state index < -0.39 is 11.9 Å². The number of hydrogen-bond acceptors (Lipinski definition) is 7. The summed E-state index contributed by atoms with van der Waals surface area (Å²) in [4.78, 5) is 38.3. The molecule has 0 bridgehead atoms. The number of pyridine rings is 2. The first-order chi connectivity index (χ1) is 22.3. The summed E-state index contributed by atoms with van der Waals surface area (Å²) in [5, 5.41) is 0. The highest BCUT2D eigenvalue weighted by molar-refractivity contribution is 6.07. The summed E-state index contributed by atoms with van der Waals surface area (Å²) in [5.74, 6) is -0.314. The first-order valence-corrected chi connectivity index (χ1v) is 15.6. The quantitative estimate of drug-likeness (QED) is 0.166. The Morgan fingerprint density at radius 3 is 1.23 bits per heavy atom. The number of hydrogen-bond donors (Lipinski definition) is 0. The van der Waals surface area contributed by atoms with Crippen LogP contribution in [0.3, 0.4) is 0 Å². The number of para-hydroxylation sites is 1. The minimum Gasteiger partial charge on any atom is -0.465 e. The van der Waals surface area contributed by atoms with Gasteiger partial charge in [0.1, 0.15) is 11.6 Å². The van der Waals surface area contributed by atoms with Crippen LogP contribution in [0.15, 0.2) is 103 Å². The average Bonchev–Trinajstić information content (AvgIpc) is 3.07. The van der Waals surface area contributed by atoms with E-state index in [2.05, 4.69) is 90.1 Å². The van der Waals surface area contributed by atoms with Crippen molar-refractivity contribution < 1.29 is 19.1 Å². The van der Waals surface area contributed by atoms with Crippen molar-refractivity contribution in [2.24, 2.45) is 0 Å². The molecule has 240 valence electrons. The summed E-state index contributed by atoms with van der Waals surface area (Å²) in [7, 11) is 2.61. The van der Waals surface area contributed by atoms with Gasteiger partial charge in [-0.2, -0.15) is 0 Å². The van der Waals surface area contributed by atoms with E-state index in [1.54, 1.807) is 23.1 Å². The van der Waals surface area contributed by atoms with Gasteiger partial charge in [0.15, 0.2) is 0 Å². The average molecular weight is 628 g/mol. The van der Waals surface area contributed by atoms with E-state index in [0.717, 1.165) is 22.5 Å². The standard InChI is InChI=1S/C40H41N3O4/c1-39(2,3)28-22-18-26(19-23-28)32-14-10-16-34(41-32)43(36-30(37(44)46-7)12-9-13-31(36)38(45)47-8)35-17-11-15-33(42-35)27-20-24-29(25-21-27)40(4,5)6/h9-25H,1-8H3. The SMILES string of the molecule is COC(=O)c1cccc(C(=O)OC)c1N(c1cccc(-c2ccc(C(C)(C)C)cc2)n1)c1cccc(-c2ccc(C(C)(C)C)cc2)n1. The molecule has 0 aliphatic heterocycles. The van der Waals surface area contributed by atoms with Gasteiger partial charge in [0.05, 0.1) is 42.4 Å². The third-order valence-electron chi connectivity index (χ3n) is 8.09. The van der Waals surface area contributed by atoms with Crippen molar-refractivity contribution in [3.8, 4) is 22.5 Å². The van der Waals surface area contributed by atoms with Crippen LogP contribution in [0.4, 0.5) is 17.3 Å². The van der Waals surface area contributed by atoms with Gasteiger partial charge in [-0.15, -0.1) is 0 Å². The van der Waals surface area contributed by atoms with Crippen molar-refractivity contribution in [2.75, 3.05) is 19.1 Å². The van der Waals surface area contributed by atoms with Crippen molar-refractivity contribution in [1.82, 2.24) is 9.97 Å². The van der Waals surface area contributed by atoms with Crippen molar-refractivity contribution in [1.29, 1.82) is 0 Å². The third-order valence-corrected chi connectivity index (χ3v) is 8.09. The molecule has 0 amide bonds. The zero-order valence-corrected chi connectivity index (χ0v) is 28.3. The molecule has 0 atom stereocenters. The molecular weight excluding hydrogens is 586 g/mol. The van der Waals surface area contributed by atoms with Crippen LogP contribution in [-0.4, -0.2) is 36.1 Å². The molecule has 0 N–H and O–H groups in total. The lowest BCUT2D eigenvalue weighted by Gasteiger charge is -2.27. The number of rotatable bonds is 7. The van der Waals surface area contributed by atoms with E-state index in [9.17, 15) is 9.59 Å². The molecule has 5 rings (SSSR count). The van der Waals surface area contributed by atoms with E-state index in [4.69, 9.17) is 19.4 Å². The highest BCUT2D eigenvalue weighted by Gasteiger charge is 2.29. The molecule has 0 unspecified atom stereocenters. The number of ether oxygens (including phenoxy) is 2. The Bertz CT molecular complexity index is 1770. The Labute approximate surface area is 277 Å². The zero-order chi connectivity index (χ0) is 33.9. The van der Waals surface area contributed by atoms with E-state index in [-0.39, 0.29) is 27.6 Å². The van der Waals surface area contributed by atoms with Gasteiger partial charge in [-0.25, -0.2) is 19.6 Å². The zero-order valence-electron chi connectivity index (χ0n) is 28.3. The second-order valence-electron chi connectivity index (χ2n) is 13.4. The maximum Gasteiger partial charge on any atom is 0.340 e. The minimum absolute atomic E-state index is 0.0102. The normalized spacial score (nSPS) is 11.6. The molecule has 0 spiro atoms. The molecule has 47 heavy (non-hydrogen) atoms. The number of benzene rings is 3. The van der Waals surface area contributed by atoms with Gasteiger partial charge in [0, 0.05) is 11.1 Å². The molecule has 7 nitrogen and oxygen atoms in total. The predicted octanol–water partition coefficient (Wildman–Crippen LogP) is 9.45. The molecule has 2 aromatic heterocycles. The molecule has 0 saturated carbocycles. The summed E-state index contributed by atoms with van der Waals surface area (Å²) in [5.41, 5.74) is 6.32. The Balaban J connectivity index is 1.73. The largest absolute Gasteiger partial charge is 0.465 e. The number of methoxy groups -OCH3 is 2. The molecule has 0 radical (unpaired) electrons. The molecule has 0 fully saturated rings. The van der Waals surface area contributed by atoms with Gasteiger partial charge < -0.3 is 9.47 Å². The summed E-state index contributed by atoms with van der Waals surface area (Å²) < 4.78 is 10.3. The monoisotopic (exact) mass is 627 g/mol.